The molecule has 0 spiro atoms. The summed E-state index contributed by atoms with van der Waals surface area (Å²) in [5, 5.41) is 22.6. The molecule has 1 heterocycles. The van der Waals surface area contributed by atoms with Gasteiger partial charge in [0.25, 0.3) is 0 Å². The molecule has 0 saturated heterocycles. The first-order valence-electron chi connectivity index (χ1n) is 11.1. The minimum atomic E-state index is -0.922. The molecule has 2 aromatic carbocycles. The second-order valence-corrected chi connectivity index (χ2v) is 9.42. The maximum Gasteiger partial charge on any atom is 0.239 e. The van der Waals surface area contributed by atoms with Crippen molar-refractivity contribution in [2.75, 3.05) is 12.3 Å². The number of aliphatic hydroxyl groups excluding tert-OH is 1. The number of anilines is 1. The number of fused-ring (bicyclic) bond motifs is 1. The molecule has 4 rings (SSSR count). The number of aromatic nitrogens is 2. The molecule has 6 N–H and O–H groups in total. The second kappa shape index (κ2) is 9.86. The predicted octanol–water partition coefficient (Wildman–Crippen LogP) is 3.05. The van der Waals surface area contributed by atoms with Crippen LogP contribution >= 0.6 is 11.3 Å². The van der Waals surface area contributed by atoms with Crippen molar-refractivity contribution in [3.63, 3.8) is 0 Å². The lowest BCUT2D eigenvalue weighted by atomic mass is 9.85. The van der Waals surface area contributed by atoms with Crippen molar-refractivity contribution >= 4 is 22.9 Å². The van der Waals surface area contributed by atoms with E-state index in [1.54, 1.807) is 0 Å². The fraction of sp³-hybridized carbons (Fsp3) is 0.375. The first-order chi connectivity index (χ1) is 15.9. The molecule has 0 saturated carbocycles. The summed E-state index contributed by atoms with van der Waals surface area (Å²) in [6, 6.07) is 10.6. The van der Waals surface area contributed by atoms with Gasteiger partial charge < -0.3 is 26.6 Å². The van der Waals surface area contributed by atoms with E-state index >= 15 is 0 Å². The summed E-state index contributed by atoms with van der Waals surface area (Å²) in [6.45, 7) is 3.54. The molecule has 1 aromatic heterocycles. The quantitative estimate of drug-likeness (QED) is 0.392. The summed E-state index contributed by atoms with van der Waals surface area (Å²) in [5.74, 6) is 0.311. The Balaban J connectivity index is 1.61. The van der Waals surface area contributed by atoms with Gasteiger partial charge in [-0.15, -0.1) is 10.2 Å². The molecule has 2 atom stereocenters. The topological polar surface area (TPSA) is 136 Å². The standard InChI is InChI=1S/C24H29N5O3S/c1-13(2)32-21-10-9-14(11-18(21)25)23-28-29-24(33-23)17-7-3-6-16-15(17)5-4-8-20(16)27-22(31)19(26)12-30/h3,6-7,9-11,13,19-20,30H,4-5,8,12,25-26H2,1-2H3,(H,27,31)/t19-,20-/m1/s1. The molecule has 8 nitrogen and oxygen atoms in total. The summed E-state index contributed by atoms with van der Waals surface area (Å²) >= 11 is 1.51. The van der Waals surface area contributed by atoms with Gasteiger partial charge in [0, 0.05) is 11.1 Å². The molecule has 0 bridgehead atoms. The van der Waals surface area contributed by atoms with E-state index in [1.807, 2.05) is 50.2 Å². The van der Waals surface area contributed by atoms with Crippen molar-refractivity contribution in [3.05, 3.63) is 47.5 Å². The Morgan fingerprint density at radius 2 is 2.06 bits per heavy atom. The minimum absolute atomic E-state index is 0.0449. The van der Waals surface area contributed by atoms with Crippen LogP contribution in [0.5, 0.6) is 5.75 Å². The fourth-order valence-electron chi connectivity index (χ4n) is 4.05. The zero-order valence-corrected chi connectivity index (χ0v) is 19.6. The second-order valence-electron chi connectivity index (χ2n) is 8.45. The monoisotopic (exact) mass is 467 g/mol. The highest BCUT2D eigenvalue weighted by atomic mass is 32.1. The summed E-state index contributed by atoms with van der Waals surface area (Å²) in [7, 11) is 0. The smallest absolute Gasteiger partial charge is 0.239 e. The van der Waals surface area contributed by atoms with E-state index in [0.29, 0.717) is 11.4 Å². The Bertz CT molecular complexity index is 1150. The van der Waals surface area contributed by atoms with Crippen LogP contribution in [-0.4, -0.2) is 40.0 Å². The van der Waals surface area contributed by atoms with Crippen molar-refractivity contribution in [2.45, 2.75) is 51.3 Å². The van der Waals surface area contributed by atoms with Gasteiger partial charge in [0.15, 0.2) is 0 Å². The Morgan fingerprint density at radius 3 is 2.79 bits per heavy atom. The SMILES string of the molecule is CC(C)Oc1ccc(-c2nnc(-c3cccc4c3CCC[C@H]4NC(=O)[C@H](N)CO)s2)cc1N. The number of nitrogen functional groups attached to an aromatic ring is 1. The van der Waals surface area contributed by atoms with E-state index in [9.17, 15) is 9.90 Å². The largest absolute Gasteiger partial charge is 0.489 e. The van der Waals surface area contributed by atoms with Crippen LogP contribution in [0.1, 0.15) is 43.9 Å². The minimum Gasteiger partial charge on any atom is -0.489 e. The molecule has 1 amide bonds. The van der Waals surface area contributed by atoms with Crippen LogP contribution in [0.15, 0.2) is 36.4 Å². The average Bonchev–Trinajstić information content (AvgIpc) is 3.29. The lowest BCUT2D eigenvalue weighted by Gasteiger charge is -2.28. The van der Waals surface area contributed by atoms with Crippen LogP contribution < -0.4 is 21.5 Å². The van der Waals surface area contributed by atoms with Gasteiger partial charge in [0.1, 0.15) is 21.8 Å². The summed E-state index contributed by atoms with van der Waals surface area (Å²) in [5.41, 5.74) is 16.6. The van der Waals surface area contributed by atoms with Gasteiger partial charge in [0.2, 0.25) is 5.91 Å². The van der Waals surface area contributed by atoms with Crippen molar-refractivity contribution in [3.8, 4) is 26.9 Å². The molecular formula is C24H29N5O3S. The van der Waals surface area contributed by atoms with E-state index in [2.05, 4.69) is 15.5 Å². The van der Waals surface area contributed by atoms with Crippen LogP contribution in [0.3, 0.4) is 0 Å². The zero-order chi connectivity index (χ0) is 23.5. The van der Waals surface area contributed by atoms with Gasteiger partial charge >= 0.3 is 0 Å². The zero-order valence-electron chi connectivity index (χ0n) is 18.7. The van der Waals surface area contributed by atoms with E-state index < -0.39 is 6.04 Å². The highest BCUT2D eigenvalue weighted by Gasteiger charge is 2.26. The van der Waals surface area contributed by atoms with Gasteiger partial charge in [-0.2, -0.15) is 0 Å². The molecule has 33 heavy (non-hydrogen) atoms. The highest BCUT2D eigenvalue weighted by molar-refractivity contribution is 7.17. The maximum absolute atomic E-state index is 12.2. The Morgan fingerprint density at radius 1 is 1.27 bits per heavy atom. The Hall–Kier alpha value is -3.01. The number of ether oxygens (including phenoxy) is 1. The van der Waals surface area contributed by atoms with Crippen molar-refractivity contribution < 1.29 is 14.6 Å². The van der Waals surface area contributed by atoms with E-state index in [-0.39, 0.29) is 24.7 Å². The maximum atomic E-state index is 12.2. The van der Waals surface area contributed by atoms with Crippen LogP contribution in [-0.2, 0) is 11.2 Å². The summed E-state index contributed by atoms with van der Waals surface area (Å²) in [4.78, 5) is 12.2. The molecule has 0 unspecified atom stereocenters. The van der Waals surface area contributed by atoms with Gasteiger partial charge in [-0.05, 0) is 62.4 Å². The van der Waals surface area contributed by atoms with Crippen molar-refractivity contribution in [1.82, 2.24) is 15.5 Å². The third kappa shape index (κ3) is 5.00. The fourth-order valence-corrected chi connectivity index (χ4v) is 4.94. The lowest BCUT2D eigenvalue weighted by molar-refractivity contribution is -0.124. The Kier molecular flexibility index (Phi) is 6.92. The third-order valence-corrected chi connectivity index (χ3v) is 6.64. The summed E-state index contributed by atoms with van der Waals surface area (Å²) < 4.78 is 5.72. The number of carbonyl (C=O) groups is 1. The number of nitrogens with zero attached hydrogens (tertiary/aromatic N) is 2. The number of benzene rings is 2. The van der Waals surface area contributed by atoms with Gasteiger partial charge in [-0.25, -0.2) is 0 Å². The van der Waals surface area contributed by atoms with Crippen molar-refractivity contribution in [1.29, 1.82) is 0 Å². The first kappa shape index (κ1) is 23.2. The van der Waals surface area contributed by atoms with Crippen LogP contribution in [0.2, 0.25) is 0 Å². The molecule has 3 aromatic rings. The molecule has 0 aliphatic heterocycles. The molecule has 0 radical (unpaired) electrons. The van der Waals surface area contributed by atoms with Crippen molar-refractivity contribution in [2.24, 2.45) is 5.73 Å². The number of nitrogens with two attached hydrogens (primary N) is 2. The third-order valence-electron chi connectivity index (χ3n) is 5.63. The van der Waals surface area contributed by atoms with E-state index in [1.165, 1.54) is 11.3 Å². The predicted molar refractivity (Wildman–Crippen MR) is 130 cm³/mol. The van der Waals surface area contributed by atoms with Gasteiger partial charge in [0.05, 0.1) is 24.4 Å². The normalized spacial score (nSPS) is 16.3. The van der Waals surface area contributed by atoms with Crippen LogP contribution in [0.4, 0.5) is 5.69 Å². The van der Waals surface area contributed by atoms with E-state index in [0.717, 1.165) is 51.5 Å². The molecular weight excluding hydrogens is 438 g/mol. The summed E-state index contributed by atoms with van der Waals surface area (Å²) in [6.07, 6.45) is 2.70. The van der Waals surface area contributed by atoms with Crippen LogP contribution in [0.25, 0.3) is 21.1 Å². The molecule has 1 aliphatic rings. The lowest BCUT2D eigenvalue weighted by Crippen LogP contribution is -2.45. The molecule has 174 valence electrons. The molecule has 0 fully saturated rings. The number of hydrogen-bond donors (Lipinski definition) is 4. The first-order valence-corrected chi connectivity index (χ1v) is 11.9. The number of carbonyl (C=O) groups excluding carboxylic acids is 1. The number of amides is 1. The van der Waals surface area contributed by atoms with Gasteiger partial charge in [-0.3, -0.25) is 4.79 Å². The Labute approximate surface area is 197 Å². The highest BCUT2D eigenvalue weighted by Crippen LogP contribution is 2.39. The number of rotatable bonds is 7. The van der Waals surface area contributed by atoms with Crippen LogP contribution in [0, 0.1) is 0 Å². The molecule has 1 aliphatic carbocycles. The van der Waals surface area contributed by atoms with E-state index in [4.69, 9.17) is 16.2 Å². The number of nitrogens with one attached hydrogen (secondary N) is 1. The number of aliphatic hydroxyl groups is 1. The van der Waals surface area contributed by atoms with Gasteiger partial charge in [-0.1, -0.05) is 29.5 Å². The average molecular weight is 468 g/mol. The number of hydrogen-bond acceptors (Lipinski definition) is 8. The molecule has 9 heteroatoms.